The van der Waals surface area contributed by atoms with Crippen LogP contribution in [-0.2, 0) is 5.41 Å². The molecule has 0 radical (unpaired) electrons. The lowest BCUT2D eigenvalue weighted by Gasteiger charge is -2.24. The molecule has 2 rings (SSSR count). The standard InChI is InChI=1S/C14H18F2.FH/c1-10(2)11-5-4-6-12(9-11)14(7-8-14)13(3,15)16;/h4-6,9-10H,7-8H2,1-3H3;1H. The van der Waals surface area contributed by atoms with E-state index in [2.05, 4.69) is 13.8 Å². The van der Waals surface area contributed by atoms with E-state index >= 15 is 0 Å². The Bertz CT molecular complexity index is 387. The third-order valence-electron chi connectivity index (χ3n) is 3.70. The number of alkyl halides is 2. The highest BCUT2D eigenvalue weighted by molar-refractivity contribution is 5.38. The summed E-state index contributed by atoms with van der Waals surface area (Å²) in [5.41, 5.74) is 1.08. The molecule has 1 aromatic carbocycles. The zero-order chi connectivity index (χ0) is 12.0. The molecule has 3 heteroatoms. The second-order valence-electron chi connectivity index (χ2n) is 5.25. The lowest BCUT2D eigenvalue weighted by atomic mass is 9.87. The van der Waals surface area contributed by atoms with Crippen molar-refractivity contribution >= 4 is 0 Å². The Kier molecular flexibility index (Phi) is 3.60. The normalized spacial score (nSPS) is 17.8. The van der Waals surface area contributed by atoms with E-state index in [1.165, 1.54) is 0 Å². The first-order valence-corrected chi connectivity index (χ1v) is 5.85. The van der Waals surface area contributed by atoms with Crippen molar-refractivity contribution in [3.05, 3.63) is 35.4 Å². The highest BCUT2D eigenvalue weighted by atomic mass is 19.3. The molecule has 1 aliphatic carbocycles. The van der Waals surface area contributed by atoms with Gasteiger partial charge in [0.1, 0.15) is 0 Å². The summed E-state index contributed by atoms with van der Waals surface area (Å²) in [6.07, 6.45) is 1.22. The Morgan fingerprint density at radius 1 is 1.24 bits per heavy atom. The van der Waals surface area contributed by atoms with Crippen LogP contribution in [0.2, 0.25) is 0 Å². The van der Waals surface area contributed by atoms with Gasteiger partial charge in [0.25, 0.3) is 5.92 Å². The fraction of sp³-hybridized carbons (Fsp3) is 0.571. The molecule has 1 aromatic rings. The van der Waals surface area contributed by atoms with Crippen molar-refractivity contribution in [2.24, 2.45) is 0 Å². The van der Waals surface area contributed by atoms with E-state index in [1.54, 1.807) is 0 Å². The molecule has 0 N–H and O–H groups in total. The molecule has 1 aliphatic rings. The van der Waals surface area contributed by atoms with E-state index in [-0.39, 0.29) is 4.70 Å². The van der Waals surface area contributed by atoms with Crippen LogP contribution < -0.4 is 0 Å². The SMILES string of the molecule is CC(C)c1cccc(C2(C(C)(F)F)CC2)c1.F. The first-order valence-electron chi connectivity index (χ1n) is 5.85. The molecular weight excluding hydrogens is 225 g/mol. The molecule has 0 aliphatic heterocycles. The van der Waals surface area contributed by atoms with Gasteiger partial charge in [-0.25, -0.2) is 8.78 Å². The quantitative estimate of drug-likeness (QED) is 0.726. The first-order chi connectivity index (χ1) is 7.37. The summed E-state index contributed by atoms with van der Waals surface area (Å²) in [6.45, 7) is 5.22. The fourth-order valence-electron chi connectivity index (χ4n) is 2.30. The Labute approximate surface area is 100 Å². The highest BCUT2D eigenvalue weighted by Gasteiger charge is 2.59. The molecule has 0 aromatic heterocycles. The van der Waals surface area contributed by atoms with Gasteiger partial charge in [0.05, 0.1) is 5.41 Å². The number of hydrogen-bond acceptors (Lipinski definition) is 0. The van der Waals surface area contributed by atoms with Crippen molar-refractivity contribution in [3.63, 3.8) is 0 Å². The van der Waals surface area contributed by atoms with Gasteiger partial charge in [0, 0.05) is 6.92 Å². The molecule has 0 nitrogen and oxygen atoms in total. The second-order valence-corrected chi connectivity index (χ2v) is 5.25. The third-order valence-corrected chi connectivity index (χ3v) is 3.70. The van der Waals surface area contributed by atoms with Crippen molar-refractivity contribution in [2.75, 3.05) is 0 Å². The van der Waals surface area contributed by atoms with Gasteiger partial charge in [-0.1, -0.05) is 38.1 Å². The van der Waals surface area contributed by atoms with E-state index in [0.717, 1.165) is 18.1 Å². The van der Waals surface area contributed by atoms with E-state index in [1.807, 2.05) is 24.3 Å². The van der Waals surface area contributed by atoms with Crippen molar-refractivity contribution < 1.29 is 13.5 Å². The minimum atomic E-state index is -2.61. The number of halogens is 3. The molecule has 0 saturated heterocycles. The summed E-state index contributed by atoms with van der Waals surface area (Å²) in [6, 6.07) is 7.71. The van der Waals surface area contributed by atoms with E-state index < -0.39 is 11.3 Å². The molecule has 1 saturated carbocycles. The average molecular weight is 244 g/mol. The van der Waals surface area contributed by atoms with Crippen LogP contribution in [0.1, 0.15) is 50.7 Å². The third kappa shape index (κ3) is 2.33. The van der Waals surface area contributed by atoms with E-state index in [4.69, 9.17) is 0 Å². The summed E-state index contributed by atoms with van der Waals surface area (Å²) in [5.74, 6) is -2.22. The van der Waals surface area contributed by atoms with Crippen LogP contribution in [0.4, 0.5) is 13.5 Å². The van der Waals surface area contributed by atoms with E-state index in [0.29, 0.717) is 18.8 Å². The molecule has 0 atom stereocenters. The Morgan fingerprint density at radius 3 is 2.24 bits per heavy atom. The Balaban J connectivity index is 0.00000144. The maximum Gasteiger partial charge on any atom is 0.254 e. The molecule has 0 heterocycles. The minimum Gasteiger partial charge on any atom is -0.269 e. The van der Waals surface area contributed by atoms with Crippen LogP contribution in [-0.4, -0.2) is 5.92 Å². The maximum absolute atomic E-state index is 13.6. The molecule has 0 unspecified atom stereocenters. The molecule has 0 amide bonds. The van der Waals surface area contributed by atoms with Gasteiger partial charge in [-0.2, -0.15) is 0 Å². The van der Waals surface area contributed by atoms with Crippen LogP contribution in [0.3, 0.4) is 0 Å². The molecule has 1 fully saturated rings. The maximum atomic E-state index is 13.6. The molecule has 0 bridgehead atoms. The zero-order valence-electron chi connectivity index (χ0n) is 10.5. The number of benzene rings is 1. The highest BCUT2D eigenvalue weighted by Crippen LogP contribution is 2.58. The van der Waals surface area contributed by atoms with Crippen LogP contribution in [0.5, 0.6) is 0 Å². The minimum absolute atomic E-state index is 0. The van der Waals surface area contributed by atoms with Crippen LogP contribution in [0.15, 0.2) is 24.3 Å². The second kappa shape index (κ2) is 4.35. The van der Waals surface area contributed by atoms with Crippen molar-refractivity contribution in [3.8, 4) is 0 Å². The largest absolute Gasteiger partial charge is 0.269 e. The number of rotatable bonds is 3. The predicted molar refractivity (Wildman–Crippen MR) is 64.6 cm³/mol. The molecule has 0 spiro atoms. The zero-order valence-corrected chi connectivity index (χ0v) is 10.5. The van der Waals surface area contributed by atoms with Crippen molar-refractivity contribution in [1.29, 1.82) is 0 Å². The lowest BCUT2D eigenvalue weighted by Crippen LogP contribution is -2.30. The van der Waals surface area contributed by atoms with Gasteiger partial charge >= 0.3 is 0 Å². The van der Waals surface area contributed by atoms with E-state index in [9.17, 15) is 8.78 Å². The fourth-order valence-corrected chi connectivity index (χ4v) is 2.30. The van der Waals surface area contributed by atoms with Crippen molar-refractivity contribution in [2.45, 2.75) is 50.9 Å². The summed E-state index contributed by atoms with van der Waals surface area (Å²) in [7, 11) is 0. The van der Waals surface area contributed by atoms with Crippen LogP contribution in [0.25, 0.3) is 0 Å². The Morgan fingerprint density at radius 2 is 1.82 bits per heavy atom. The van der Waals surface area contributed by atoms with Crippen molar-refractivity contribution in [1.82, 2.24) is 0 Å². The van der Waals surface area contributed by atoms with Gasteiger partial charge in [-0.05, 0) is 29.9 Å². The van der Waals surface area contributed by atoms with Gasteiger partial charge < -0.3 is 0 Å². The topological polar surface area (TPSA) is 0 Å². The number of hydrogen-bond donors (Lipinski definition) is 0. The summed E-state index contributed by atoms with van der Waals surface area (Å²) in [5, 5.41) is 0. The molecular formula is C14H19F3. The smallest absolute Gasteiger partial charge is 0.254 e. The summed E-state index contributed by atoms with van der Waals surface area (Å²) < 4.78 is 27.2. The molecule has 96 valence electrons. The van der Waals surface area contributed by atoms with Gasteiger partial charge in [0.2, 0.25) is 0 Å². The molecule has 17 heavy (non-hydrogen) atoms. The lowest BCUT2D eigenvalue weighted by molar-refractivity contribution is -0.0200. The monoisotopic (exact) mass is 244 g/mol. The first kappa shape index (κ1) is 14.1. The Hall–Kier alpha value is -0.990. The van der Waals surface area contributed by atoms with Gasteiger partial charge in [0.15, 0.2) is 0 Å². The van der Waals surface area contributed by atoms with Gasteiger partial charge in [-0.15, -0.1) is 0 Å². The van der Waals surface area contributed by atoms with Crippen LogP contribution >= 0.6 is 0 Å². The average Bonchev–Trinajstić information content (AvgIpc) is 2.97. The summed E-state index contributed by atoms with van der Waals surface area (Å²) >= 11 is 0. The summed E-state index contributed by atoms with van der Waals surface area (Å²) in [4.78, 5) is 0. The predicted octanol–water partition coefficient (Wildman–Crippen LogP) is 4.65. The van der Waals surface area contributed by atoms with Gasteiger partial charge in [-0.3, -0.25) is 4.70 Å². The van der Waals surface area contributed by atoms with Crippen LogP contribution in [0, 0.1) is 0 Å².